The van der Waals surface area contributed by atoms with E-state index in [0.717, 1.165) is 0 Å². The van der Waals surface area contributed by atoms with Gasteiger partial charge < -0.3 is 0 Å². The van der Waals surface area contributed by atoms with Gasteiger partial charge in [-0.05, 0) is 0 Å². The molecule has 0 radical (unpaired) electrons. The molecule has 1 atom stereocenters. The zero-order valence-electron chi connectivity index (χ0n) is 10.9. The summed E-state index contributed by atoms with van der Waals surface area (Å²) in [6.45, 7) is 10.0. The van der Waals surface area contributed by atoms with E-state index in [9.17, 15) is 0 Å². The maximum atomic E-state index is 5.78. The average molecular weight is 254 g/mol. The fraction of sp³-hybridized carbons (Fsp3) is 1.00. The van der Waals surface area contributed by atoms with Gasteiger partial charge in [0.05, 0.1) is 0 Å². The van der Waals surface area contributed by atoms with Crippen LogP contribution in [0, 0.1) is 0 Å². The molecular weight excluding hydrogens is 230 g/mol. The van der Waals surface area contributed by atoms with E-state index in [1.165, 1.54) is 0 Å². The summed E-state index contributed by atoms with van der Waals surface area (Å²) >= 11 is -2.29. The summed E-state index contributed by atoms with van der Waals surface area (Å²) in [5.74, 6) is 0. The number of hydrogen-bond acceptors (Lipinski definition) is 4. The van der Waals surface area contributed by atoms with Gasteiger partial charge >= 0.3 is 101 Å². The van der Waals surface area contributed by atoms with Crippen LogP contribution in [0.4, 0.5) is 0 Å². The van der Waals surface area contributed by atoms with Gasteiger partial charge in [-0.15, -0.1) is 0 Å². The number of rotatable bonds is 7. The summed E-state index contributed by atoms with van der Waals surface area (Å²) in [7, 11) is 3.96. The molecule has 91 valence electrons. The van der Waals surface area contributed by atoms with Gasteiger partial charge in [0.15, 0.2) is 0 Å². The van der Waals surface area contributed by atoms with E-state index in [1.807, 2.05) is 53.6 Å². The molecule has 0 N–H and O–H groups in total. The van der Waals surface area contributed by atoms with Gasteiger partial charge in [-0.25, -0.2) is 0 Å². The monoisotopic (exact) mass is 254 g/mol. The second-order valence-corrected chi connectivity index (χ2v) is 6.15. The minimum atomic E-state index is -2.29. The third-order valence-corrected chi connectivity index (χ3v) is 4.56. The molecule has 0 fully saturated rings. The van der Waals surface area contributed by atoms with Crippen molar-refractivity contribution < 1.29 is 29.0 Å². The third-order valence-electron chi connectivity index (χ3n) is 1.66. The fourth-order valence-corrected chi connectivity index (χ4v) is 2.94. The molecule has 0 aliphatic rings. The molecular formula is C10H24NO3Ti. The molecule has 15 heavy (non-hydrogen) atoms. The molecule has 0 aromatic rings. The predicted molar refractivity (Wildman–Crippen MR) is 56.7 cm³/mol. The van der Waals surface area contributed by atoms with E-state index in [-0.39, 0.29) is 18.4 Å². The molecule has 5 heteroatoms. The first-order valence-corrected chi connectivity index (χ1v) is 7.27. The van der Waals surface area contributed by atoms with Gasteiger partial charge in [-0.1, -0.05) is 0 Å². The Balaban J connectivity index is 4.11. The molecule has 0 aliphatic carbocycles. The Bertz CT molecular complexity index is 155. The maximum absolute atomic E-state index is 5.78. The Morgan fingerprint density at radius 3 is 1.47 bits per heavy atom. The quantitative estimate of drug-likeness (QED) is 0.514. The van der Waals surface area contributed by atoms with Crippen LogP contribution < -0.4 is 0 Å². The van der Waals surface area contributed by atoms with Gasteiger partial charge in [0, 0.05) is 0 Å². The molecule has 0 aliphatic heterocycles. The van der Waals surface area contributed by atoms with Gasteiger partial charge in [0.2, 0.25) is 0 Å². The summed E-state index contributed by atoms with van der Waals surface area (Å²) in [5, 5.41) is 0. The number of nitrogens with zero attached hydrogens (tertiary/aromatic N) is 1. The molecule has 0 heterocycles. The molecule has 0 saturated heterocycles. The molecule has 0 rings (SSSR count). The second-order valence-electron chi connectivity index (χ2n) is 4.26. The molecule has 4 nitrogen and oxygen atoms in total. The minimum absolute atomic E-state index is 0.0394. The zero-order chi connectivity index (χ0) is 12.0. The Morgan fingerprint density at radius 1 is 0.800 bits per heavy atom. The third kappa shape index (κ3) is 8.37. The molecule has 1 unspecified atom stereocenters. The summed E-state index contributed by atoms with van der Waals surface area (Å²) < 4.78 is 17.1. The van der Waals surface area contributed by atoms with Crippen LogP contribution in [-0.4, -0.2) is 37.4 Å². The van der Waals surface area contributed by atoms with Crippen LogP contribution in [0.25, 0.3) is 0 Å². The van der Waals surface area contributed by atoms with Gasteiger partial charge in [-0.2, -0.15) is 0 Å². The Kier molecular flexibility index (Phi) is 8.05. The van der Waals surface area contributed by atoms with Crippen LogP contribution in [0.2, 0.25) is 0 Å². The standard InChI is InChI=1S/C4H10NO.2C3H7O.Ti/c1-4(6)5(2)3;2*1-3(2)4;/h4H,1-3H3;2*3H,1-2H3;/q3*-1;+3. The van der Waals surface area contributed by atoms with E-state index >= 15 is 0 Å². The normalized spacial score (nSPS) is 14.0. The molecule has 0 spiro atoms. The molecule has 0 bridgehead atoms. The summed E-state index contributed by atoms with van der Waals surface area (Å²) in [5.41, 5.74) is 0. The summed E-state index contributed by atoms with van der Waals surface area (Å²) in [6.07, 6.45) is 0.360. The second kappa shape index (κ2) is 7.77. The summed E-state index contributed by atoms with van der Waals surface area (Å²) in [6, 6.07) is 0. The van der Waals surface area contributed by atoms with Crippen molar-refractivity contribution in [2.24, 2.45) is 0 Å². The molecule has 0 aromatic heterocycles. The SMILES string of the molecule is CC(C)[O][Ti]([O]C(C)C)[O]C(C)N(C)C. The zero-order valence-corrected chi connectivity index (χ0v) is 12.5. The predicted octanol–water partition coefficient (Wildman–Crippen LogP) is 2.12. The first-order valence-electron chi connectivity index (χ1n) is 5.36. The fourth-order valence-electron chi connectivity index (χ4n) is 0.713. The van der Waals surface area contributed by atoms with Crippen LogP contribution >= 0.6 is 0 Å². The van der Waals surface area contributed by atoms with Crippen molar-refractivity contribution in [2.45, 2.75) is 53.1 Å². The molecule has 0 saturated carbocycles. The topological polar surface area (TPSA) is 30.9 Å². The number of hydrogen-bond donors (Lipinski definition) is 0. The van der Waals surface area contributed by atoms with Crippen LogP contribution in [0.15, 0.2) is 0 Å². The van der Waals surface area contributed by atoms with E-state index < -0.39 is 19.0 Å². The van der Waals surface area contributed by atoms with Crippen LogP contribution in [0.5, 0.6) is 0 Å². The van der Waals surface area contributed by atoms with E-state index in [2.05, 4.69) is 0 Å². The van der Waals surface area contributed by atoms with E-state index in [1.54, 1.807) is 0 Å². The van der Waals surface area contributed by atoms with Crippen molar-refractivity contribution in [3.05, 3.63) is 0 Å². The Morgan fingerprint density at radius 2 is 1.20 bits per heavy atom. The first-order chi connectivity index (χ1) is 6.82. The average Bonchev–Trinajstić information content (AvgIpc) is 2.00. The van der Waals surface area contributed by atoms with Gasteiger partial charge in [0.1, 0.15) is 0 Å². The van der Waals surface area contributed by atoms with Gasteiger partial charge in [-0.3, -0.25) is 0 Å². The van der Waals surface area contributed by atoms with Crippen LogP contribution in [-0.2, 0) is 29.0 Å². The van der Waals surface area contributed by atoms with Crippen molar-refractivity contribution in [1.29, 1.82) is 0 Å². The van der Waals surface area contributed by atoms with Crippen molar-refractivity contribution in [2.75, 3.05) is 14.1 Å². The van der Waals surface area contributed by atoms with Crippen molar-refractivity contribution in [3.8, 4) is 0 Å². The Labute approximate surface area is 101 Å². The van der Waals surface area contributed by atoms with Crippen LogP contribution in [0.3, 0.4) is 0 Å². The van der Waals surface area contributed by atoms with E-state index in [4.69, 9.17) is 9.96 Å². The van der Waals surface area contributed by atoms with Crippen LogP contribution in [0.1, 0.15) is 34.6 Å². The molecule has 0 amide bonds. The van der Waals surface area contributed by atoms with Crippen molar-refractivity contribution >= 4 is 0 Å². The van der Waals surface area contributed by atoms with E-state index in [0.29, 0.717) is 0 Å². The molecule has 0 aromatic carbocycles. The van der Waals surface area contributed by atoms with Crippen molar-refractivity contribution in [1.82, 2.24) is 4.90 Å². The van der Waals surface area contributed by atoms with Gasteiger partial charge in [0.25, 0.3) is 0 Å². The summed E-state index contributed by atoms with van der Waals surface area (Å²) in [4.78, 5) is 2.00. The first kappa shape index (κ1) is 15.6. The Hall–Kier alpha value is 0.554. The van der Waals surface area contributed by atoms with Crippen molar-refractivity contribution in [3.63, 3.8) is 0 Å².